The van der Waals surface area contributed by atoms with Crippen molar-refractivity contribution in [3.05, 3.63) is 96.1 Å². The predicted octanol–water partition coefficient (Wildman–Crippen LogP) is 5.51. The zero-order valence-corrected chi connectivity index (χ0v) is 18.3. The Bertz CT molecular complexity index is 1190. The number of carbonyl (C=O) groups is 1. The van der Waals surface area contributed by atoms with E-state index in [1.165, 1.54) is 23.8 Å². The van der Waals surface area contributed by atoms with Crippen LogP contribution in [-0.2, 0) is 11.3 Å². The van der Waals surface area contributed by atoms with Gasteiger partial charge in [0.05, 0.1) is 23.4 Å². The summed E-state index contributed by atoms with van der Waals surface area (Å²) in [6.07, 6.45) is 1.40. The van der Waals surface area contributed by atoms with Crippen molar-refractivity contribution >= 4 is 23.0 Å². The first-order valence-electron chi connectivity index (χ1n) is 11.2. The second kappa shape index (κ2) is 8.87. The Morgan fingerprint density at radius 1 is 0.879 bits per heavy atom. The summed E-state index contributed by atoms with van der Waals surface area (Å²) < 4.78 is 28.5. The first kappa shape index (κ1) is 21.5. The lowest BCUT2D eigenvalue weighted by atomic mass is 9.82. The molecule has 33 heavy (non-hydrogen) atoms. The molecule has 2 aliphatic rings. The van der Waals surface area contributed by atoms with Gasteiger partial charge in [0.1, 0.15) is 11.6 Å². The summed E-state index contributed by atoms with van der Waals surface area (Å²) in [5.41, 5.74) is 1.95. The van der Waals surface area contributed by atoms with E-state index in [-0.39, 0.29) is 18.0 Å². The zero-order valence-electron chi connectivity index (χ0n) is 18.3. The van der Waals surface area contributed by atoms with Gasteiger partial charge in [-0.25, -0.2) is 8.78 Å². The highest BCUT2D eigenvalue weighted by Crippen LogP contribution is 2.42. The Morgan fingerprint density at radius 2 is 1.61 bits per heavy atom. The molecular formula is C27H25F2N3O. The Balaban J connectivity index is 1.50. The standard InChI is InChI=1S/C27H25F2N3O/c28-21-9-6-10-22(17-21)32-26(33)18-25(30-24-12-5-4-11-23(24)29)27(32)13-15-31(16-14-27)19-20-7-2-1-3-8-20/h1-12,17H,13-16,18-19H2. The predicted molar refractivity (Wildman–Crippen MR) is 126 cm³/mol. The lowest BCUT2D eigenvalue weighted by Crippen LogP contribution is -2.56. The van der Waals surface area contributed by atoms with Gasteiger partial charge in [0.15, 0.2) is 0 Å². The fourth-order valence-corrected chi connectivity index (χ4v) is 5.03. The average molecular weight is 446 g/mol. The van der Waals surface area contributed by atoms with Crippen LogP contribution in [0.15, 0.2) is 83.9 Å². The number of likely N-dealkylation sites (tertiary alicyclic amines) is 1. The molecule has 3 aromatic carbocycles. The monoisotopic (exact) mass is 445 g/mol. The van der Waals surface area contributed by atoms with Gasteiger partial charge in [-0.05, 0) is 48.7 Å². The lowest BCUT2D eigenvalue weighted by Gasteiger charge is -2.45. The number of rotatable bonds is 4. The minimum Gasteiger partial charge on any atom is -0.300 e. The van der Waals surface area contributed by atoms with E-state index in [0.717, 1.165) is 19.6 Å². The average Bonchev–Trinajstić information content (AvgIpc) is 3.08. The van der Waals surface area contributed by atoms with Gasteiger partial charge in [-0.3, -0.25) is 14.7 Å². The van der Waals surface area contributed by atoms with Crippen molar-refractivity contribution < 1.29 is 13.6 Å². The van der Waals surface area contributed by atoms with Gasteiger partial charge in [0.25, 0.3) is 0 Å². The molecule has 2 saturated heterocycles. The number of hydrogen-bond donors (Lipinski definition) is 0. The van der Waals surface area contributed by atoms with E-state index in [4.69, 9.17) is 0 Å². The van der Waals surface area contributed by atoms with Crippen LogP contribution >= 0.6 is 0 Å². The number of nitrogens with zero attached hydrogens (tertiary/aromatic N) is 3. The smallest absolute Gasteiger partial charge is 0.233 e. The summed E-state index contributed by atoms with van der Waals surface area (Å²) in [5.74, 6) is -0.943. The van der Waals surface area contributed by atoms with Gasteiger partial charge >= 0.3 is 0 Å². The molecule has 0 aromatic heterocycles. The highest BCUT2D eigenvalue weighted by atomic mass is 19.1. The van der Waals surface area contributed by atoms with Crippen LogP contribution in [0.2, 0.25) is 0 Å². The van der Waals surface area contributed by atoms with Crippen LogP contribution in [0.3, 0.4) is 0 Å². The fourth-order valence-electron chi connectivity index (χ4n) is 5.03. The minimum absolute atomic E-state index is 0.101. The van der Waals surface area contributed by atoms with E-state index in [1.807, 2.05) is 18.2 Å². The number of amides is 1. The SMILES string of the molecule is O=C1CC(=Nc2ccccc2F)C2(CCN(Cc3ccccc3)CC2)N1c1cccc(F)c1. The van der Waals surface area contributed by atoms with Gasteiger partial charge < -0.3 is 4.90 Å². The van der Waals surface area contributed by atoms with Gasteiger partial charge in [0.2, 0.25) is 5.91 Å². The first-order valence-corrected chi connectivity index (χ1v) is 11.2. The molecule has 1 amide bonds. The number of anilines is 1. The molecule has 0 atom stereocenters. The third-order valence-corrected chi connectivity index (χ3v) is 6.64. The van der Waals surface area contributed by atoms with Gasteiger partial charge in [0, 0.05) is 25.3 Å². The maximum absolute atomic E-state index is 14.4. The molecule has 168 valence electrons. The normalized spacial score (nSPS) is 19.5. The summed E-state index contributed by atoms with van der Waals surface area (Å²) in [5, 5.41) is 0. The Morgan fingerprint density at radius 3 is 2.33 bits per heavy atom. The number of aliphatic imine (C=N–C) groups is 1. The molecule has 4 nitrogen and oxygen atoms in total. The van der Waals surface area contributed by atoms with Crippen LogP contribution < -0.4 is 4.90 Å². The summed E-state index contributed by atoms with van der Waals surface area (Å²) in [6.45, 7) is 2.33. The molecule has 0 aliphatic carbocycles. The Hall–Kier alpha value is -3.38. The summed E-state index contributed by atoms with van der Waals surface area (Å²) >= 11 is 0. The van der Waals surface area contributed by atoms with E-state index in [2.05, 4.69) is 22.0 Å². The second-order valence-corrected chi connectivity index (χ2v) is 8.69. The molecule has 0 bridgehead atoms. The van der Waals surface area contributed by atoms with Crippen LogP contribution in [0, 0.1) is 11.6 Å². The van der Waals surface area contributed by atoms with E-state index >= 15 is 0 Å². The van der Waals surface area contributed by atoms with Crippen molar-refractivity contribution in [1.82, 2.24) is 4.90 Å². The zero-order chi connectivity index (χ0) is 22.8. The van der Waals surface area contributed by atoms with Gasteiger partial charge in [-0.15, -0.1) is 0 Å². The molecule has 6 heteroatoms. The maximum Gasteiger partial charge on any atom is 0.233 e. The molecule has 1 spiro atoms. The molecule has 3 aromatic rings. The molecule has 5 rings (SSSR count). The lowest BCUT2D eigenvalue weighted by molar-refractivity contribution is -0.117. The fraction of sp³-hybridized carbons (Fsp3) is 0.259. The summed E-state index contributed by atoms with van der Waals surface area (Å²) in [7, 11) is 0. The number of carbonyl (C=O) groups excluding carboxylic acids is 1. The molecule has 0 radical (unpaired) electrons. The third-order valence-electron chi connectivity index (χ3n) is 6.64. The highest BCUT2D eigenvalue weighted by molar-refractivity contribution is 6.22. The van der Waals surface area contributed by atoms with Crippen molar-refractivity contribution in [3.63, 3.8) is 0 Å². The van der Waals surface area contributed by atoms with Crippen molar-refractivity contribution in [1.29, 1.82) is 0 Å². The number of para-hydroxylation sites is 1. The van der Waals surface area contributed by atoms with Crippen LogP contribution in [0.1, 0.15) is 24.8 Å². The van der Waals surface area contributed by atoms with Crippen molar-refractivity contribution in [2.75, 3.05) is 18.0 Å². The van der Waals surface area contributed by atoms with Crippen molar-refractivity contribution in [2.45, 2.75) is 31.3 Å². The van der Waals surface area contributed by atoms with Gasteiger partial charge in [-0.1, -0.05) is 48.5 Å². The quantitative estimate of drug-likeness (QED) is 0.531. The molecule has 0 N–H and O–H groups in total. The number of piperidine rings is 1. The Labute approximate surface area is 192 Å². The van der Waals surface area contributed by atoms with E-state index in [9.17, 15) is 13.6 Å². The second-order valence-electron chi connectivity index (χ2n) is 8.69. The third kappa shape index (κ3) is 4.18. The van der Waals surface area contributed by atoms with Crippen LogP contribution in [0.4, 0.5) is 20.2 Å². The number of benzene rings is 3. The maximum atomic E-state index is 14.4. The van der Waals surface area contributed by atoms with Crippen LogP contribution in [-0.4, -0.2) is 35.1 Å². The van der Waals surface area contributed by atoms with E-state index in [1.54, 1.807) is 35.2 Å². The van der Waals surface area contributed by atoms with Crippen LogP contribution in [0.5, 0.6) is 0 Å². The topological polar surface area (TPSA) is 35.9 Å². The molecular weight excluding hydrogens is 420 g/mol. The van der Waals surface area contributed by atoms with E-state index < -0.39 is 17.2 Å². The largest absolute Gasteiger partial charge is 0.300 e. The molecule has 0 unspecified atom stereocenters. The summed E-state index contributed by atoms with van der Waals surface area (Å²) in [4.78, 5) is 22.0. The Kier molecular flexibility index (Phi) is 5.77. The van der Waals surface area contributed by atoms with E-state index in [0.29, 0.717) is 24.2 Å². The van der Waals surface area contributed by atoms with Crippen molar-refractivity contribution in [3.8, 4) is 0 Å². The van der Waals surface area contributed by atoms with Gasteiger partial charge in [-0.2, -0.15) is 0 Å². The number of halogens is 2. The summed E-state index contributed by atoms with van der Waals surface area (Å²) in [6, 6.07) is 22.7. The van der Waals surface area contributed by atoms with Crippen LogP contribution in [0.25, 0.3) is 0 Å². The number of hydrogen-bond acceptors (Lipinski definition) is 3. The highest BCUT2D eigenvalue weighted by Gasteiger charge is 2.52. The molecule has 2 heterocycles. The molecule has 0 saturated carbocycles. The molecule has 2 fully saturated rings. The minimum atomic E-state index is -0.694. The molecule has 2 aliphatic heterocycles. The van der Waals surface area contributed by atoms with Crippen molar-refractivity contribution in [2.24, 2.45) is 4.99 Å². The first-order chi connectivity index (χ1) is 16.0.